The lowest BCUT2D eigenvalue weighted by Crippen LogP contribution is -2.44. The number of benzene rings is 2. The van der Waals surface area contributed by atoms with E-state index in [1.807, 2.05) is 0 Å². The van der Waals surface area contributed by atoms with Gasteiger partial charge in [-0.3, -0.25) is 0 Å². The molecule has 1 N–H and O–H groups in total. The van der Waals surface area contributed by atoms with Crippen LogP contribution in [0.15, 0.2) is 53.4 Å². The second-order valence-electron chi connectivity index (χ2n) is 6.56. The van der Waals surface area contributed by atoms with Crippen molar-refractivity contribution in [3.63, 3.8) is 0 Å². The Morgan fingerprint density at radius 2 is 1.58 bits per heavy atom. The standard InChI is InChI=1S/C19H24ClN3O2S/c1-22-12-14-23(15-13-22)18-6-2-16(3-7-18)10-11-21-26(24,25)19-8-4-17(20)5-9-19/h2-9,21H,10-15H2,1H3. The highest BCUT2D eigenvalue weighted by molar-refractivity contribution is 7.89. The van der Waals surface area contributed by atoms with Gasteiger partial charge in [0.2, 0.25) is 10.0 Å². The maximum absolute atomic E-state index is 12.3. The number of nitrogens with one attached hydrogen (secondary N) is 1. The Hall–Kier alpha value is -1.60. The number of likely N-dealkylation sites (N-methyl/N-ethyl adjacent to an activating group) is 1. The number of nitrogens with zero attached hydrogens (tertiary/aromatic N) is 2. The average molecular weight is 394 g/mol. The van der Waals surface area contributed by atoms with Crippen molar-refractivity contribution >= 4 is 27.3 Å². The lowest BCUT2D eigenvalue weighted by atomic mass is 10.1. The molecule has 2 aromatic rings. The van der Waals surface area contributed by atoms with E-state index < -0.39 is 10.0 Å². The molecule has 0 aliphatic carbocycles. The third-order valence-corrected chi connectivity index (χ3v) is 6.36. The second-order valence-corrected chi connectivity index (χ2v) is 8.76. The summed E-state index contributed by atoms with van der Waals surface area (Å²) in [6, 6.07) is 14.6. The first-order valence-corrected chi connectivity index (χ1v) is 10.6. The normalized spacial score (nSPS) is 16.0. The molecular weight excluding hydrogens is 370 g/mol. The van der Waals surface area contributed by atoms with Gasteiger partial charge in [-0.2, -0.15) is 0 Å². The molecule has 0 atom stereocenters. The highest BCUT2D eigenvalue weighted by Crippen LogP contribution is 2.18. The zero-order valence-corrected chi connectivity index (χ0v) is 16.4. The first-order valence-electron chi connectivity index (χ1n) is 8.72. The van der Waals surface area contributed by atoms with Gasteiger partial charge in [-0.05, 0) is 55.4 Å². The van der Waals surface area contributed by atoms with Crippen molar-refractivity contribution in [3.05, 3.63) is 59.1 Å². The van der Waals surface area contributed by atoms with E-state index in [1.165, 1.54) is 17.8 Å². The number of sulfonamides is 1. The highest BCUT2D eigenvalue weighted by atomic mass is 35.5. The number of halogens is 1. The summed E-state index contributed by atoms with van der Waals surface area (Å²) in [6.45, 7) is 4.59. The van der Waals surface area contributed by atoms with E-state index in [2.05, 4.69) is 45.8 Å². The molecule has 1 fully saturated rings. The first kappa shape index (κ1) is 19.2. The van der Waals surface area contributed by atoms with Crippen LogP contribution in [-0.2, 0) is 16.4 Å². The summed E-state index contributed by atoms with van der Waals surface area (Å²) in [5, 5.41) is 0.518. The molecule has 1 aliphatic rings. The molecule has 0 radical (unpaired) electrons. The number of piperazine rings is 1. The van der Waals surface area contributed by atoms with Gasteiger partial charge in [0.15, 0.2) is 0 Å². The third kappa shape index (κ3) is 4.98. The van der Waals surface area contributed by atoms with Crippen molar-refractivity contribution in [2.24, 2.45) is 0 Å². The van der Waals surface area contributed by atoms with E-state index >= 15 is 0 Å². The largest absolute Gasteiger partial charge is 0.369 e. The molecule has 1 heterocycles. The zero-order chi connectivity index (χ0) is 18.6. The van der Waals surface area contributed by atoms with Gasteiger partial charge in [0.05, 0.1) is 4.90 Å². The molecule has 26 heavy (non-hydrogen) atoms. The third-order valence-electron chi connectivity index (χ3n) is 4.63. The van der Waals surface area contributed by atoms with Gasteiger partial charge in [-0.25, -0.2) is 13.1 Å². The second kappa shape index (κ2) is 8.39. The summed E-state index contributed by atoms with van der Waals surface area (Å²) in [5.41, 5.74) is 2.34. The summed E-state index contributed by atoms with van der Waals surface area (Å²) in [6.07, 6.45) is 0.649. The van der Waals surface area contributed by atoms with Crippen molar-refractivity contribution < 1.29 is 8.42 Å². The molecule has 0 bridgehead atoms. The number of rotatable bonds is 6. The van der Waals surface area contributed by atoms with Crippen LogP contribution >= 0.6 is 11.6 Å². The van der Waals surface area contributed by atoms with Gasteiger partial charge in [-0.1, -0.05) is 23.7 Å². The van der Waals surface area contributed by atoms with Gasteiger partial charge in [-0.15, -0.1) is 0 Å². The van der Waals surface area contributed by atoms with Crippen LogP contribution in [0.3, 0.4) is 0 Å². The van der Waals surface area contributed by atoms with Crippen LogP contribution in [0.25, 0.3) is 0 Å². The molecule has 0 saturated carbocycles. The Bertz CT molecular complexity index is 815. The smallest absolute Gasteiger partial charge is 0.240 e. The predicted octanol–water partition coefficient (Wildman–Crippen LogP) is 2.61. The van der Waals surface area contributed by atoms with E-state index in [1.54, 1.807) is 12.1 Å². The Morgan fingerprint density at radius 1 is 0.962 bits per heavy atom. The summed E-state index contributed by atoms with van der Waals surface area (Å²) in [4.78, 5) is 4.94. The Morgan fingerprint density at radius 3 is 2.19 bits per heavy atom. The SMILES string of the molecule is CN1CCN(c2ccc(CCNS(=O)(=O)c3ccc(Cl)cc3)cc2)CC1. The molecule has 5 nitrogen and oxygen atoms in total. The monoisotopic (exact) mass is 393 g/mol. The summed E-state index contributed by atoms with van der Waals surface area (Å²) >= 11 is 5.80. The molecule has 1 saturated heterocycles. The molecule has 1 aliphatic heterocycles. The van der Waals surface area contributed by atoms with Crippen LogP contribution in [0.1, 0.15) is 5.56 Å². The minimum absolute atomic E-state index is 0.229. The topological polar surface area (TPSA) is 52.6 Å². The summed E-state index contributed by atoms with van der Waals surface area (Å²) in [5.74, 6) is 0. The molecule has 140 valence electrons. The van der Waals surface area contributed by atoms with Crippen molar-refractivity contribution in [2.45, 2.75) is 11.3 Å². The Labute approximate surface area is 160 Å². The first-order chi connectivity index (χ1) is 12.4. The molecular formula is C19H24ClN3O2S. The van der Waals surface area contributed by atoms with Crippen LogP contribution in [0.2, 0.25) is 5.02 Å². The molecule has 3 rings (SSSR count). The highest BCUT2D eigenvalue weighted by Gasteiger charge is 2.15. The van der Waals surface area contributed by atoms with Crippen LogP contribution < -0.4 is 9.62 Å². The van der Waals surface area contributed by atoms with Crippen molar-refractivity contribution in [1.29, 1.82) is 0 Å². The minimum Gasteiger partial charge on any atom is -0.369 e. The molecule has 0 unspecified atom stereocenters. The fraction of sp³-hybridized carbons (Fsp3) is 0.368. The number of hydrogen-bond donors (Lipinski definition) is 1. The van der Waals surface area contributed by atoms with Crippen LogP contribution in [0, 0.1) is 0 Å². The van der Waals surface area contributed by atoms with Gasteiger partial charge in [0.25, 0.3) is 0 Å². The van der Waals surface area contributed by atoms with Crippen molar-refractivity contribution in [2.75, 3.05) is 44.7 Å². The number of anilines is 1. The quantitative estimate of drug-likeness (QED) is 0.819. The fourth-order valence-corrected chi connectivity index (χ4v) is 4.12. The van der Waals surface area contributed by atoms with Crippen molar-refractivity contribution in [3.8, 4) is 0 Å². The van der Waals surface area contributed by atoms with Gasteiger partial charge in [0.1, 0.15) is 0 Å². The molecule has 7 heteroatoms. The van der Waals surface area contributed by atoms with Crippen LogP contribution in [0.4, 0.5) is 5.69 Å². The molecule has 0 amide bonds. The van der Waals surface area contributed by atoms with Gasteiger partial charge in [0, 0.05) is 43.4 Å². The summed E-state index contributed by atoms with van der Waals surface area (Å²) < 4.78 is 27.2. The Kier molecular flexibility index (Phi) is 6.19. The minimum atomic E-state index is -3.50. The Balaban J connectivity index is 1.52. The molecule has 0 spiro atoms. The molecule has 2 aromatic carbocycles. The maximum atomic E-state index is 12.3. The zero-order valence-electron chi connectivity index (χ0n) is 14.9. The van der Waals surface area contributed by atoms with E-state index in [0.29, 0.717) is 18.0 Å². The lowest BCUT2D eigenvalue weighted by Gasteiger charge is -2.34. The lowest BCUT2D eigenvalue weighted by molar-refractivity contribution is 0.313. The molecule has 0 aromatic heterocycles. The van der Waals surface area contributed by atoms with E-state index in [-0.39, 0.29) is 4.90 Å². The predicted molar refractivity (Wildman–Crippen MR) is 106 cm³/mol. The summed E-state index contributed by atoms with van der Waals surface area (Å²) in [7, 11) is -1.35. The van der Waals surface area contributed by atoms with Crippen molar-refractivity contribution in [1.82, 2.24) is 9.62 Å². The number of hydrogen-bond acceptors (Lipinski definition) is 4. The van der Waals surface area contributed by atoms with E-state index in [0.717, 1.165) is 31.7 Å². The average Bonchev–Trinajstić information content (AvgIpc) is 2.63. The van der Waals surface area contributed by atoms with Crippen LogP contribution in [-0.4, -0.2) is 53.1 Å². The van der Waals surface area contributed by atoms with Gasteiger partial charge >= 0.3 is 0 Å². The maximum Gasteiger partial charge on any atom is 0.240 e. The van der Waals surface area contributed by atoms with Gasteiger partial charge < -0.3 is 9.80 Å². The van der Waals surface area contributed by atoms with Crippen LogP contribution in [0.5, 0.6) is 0 Å². The fourth-order valence-electron chi connectivity index (χ4n) is 2.96. The van der Waals surface area contributed by atoms with E-state index in [4.69, 9.17) is 11.6 Å². The van der Waals surface area contributed by atoms with E-state index in [9.17, 15) is 8.42 Å².